The van der Waals surface area contributed by atoms with E-state index >= 15 is 0 Å². The summed E-state index contributed by atoms with van der Waals surface area (Å²) in [6.07, 6.45) is -0.172. The van der Waals surface area contributed by atoms with Gasteiger partial charge < -0.3 is 4.74 Å². The van der Waals surface area contributed by atoms with E-state index in [1.165, 1.54) is 0 Å². The van der Waals surface area contributed by atoms with Crippen LogP contribution < -0.4 is 0 Å². The molecule has 0 N–H and O–H groups in total. The molecule has 15 heavy (non-hydrogen) atoms. The number of hydrogen-bond acceptors (Lipinski definition) is 2. The van der Waals surface area contributed by atoms with Gasteiger partial charge in [-0.1, -0.05) is 18.2 Å². The molecule has 2 rings (SSSR count). The lowest BCUT2D eigenvalue weighted by Crippen LogP contribution is -2.10. The summed E-state index contributed by atoms with van der Waals surface area (Å²) in [6, 6.07) is 8.34. The molecule has 0 bridgehead atoms. The largest absolute Gasteiger partial charge is 0.462 e. The maximum atomic E-state index is 12.5. The topological polar surface area (TPSA) is 26.3 Å². The van der Waals surface area contributed by atoms with Gasteiger partial charge in [0.05, 0.1) is 11.5 Å². The molecule has 80 valence electrons. The molecule has 0 heterocycles. The van der Waals surface area contributed by atoms with Gasteiger partial charge >= 0.3 is 5.97 Å². The minimum atomic E-state index is -2.63. The molecule has 1 aliphatic carbocycles. The smallest absolute Gasteiger partial charge is 0.338 e. The Bertz CT molecular complexity index is 362. The lowest BCUT2D eigenvalue weighted by atomic mass is 10.2. The van der Waals surface area contributed by atoms with Crippen molar-refractivity contribution < 1.29 is 18.3 Å². The number of halogens is 2. The van der Waals surface area contributed by atoms with E-state index in [1.54, 1.807) is 30.3 Å². The maximum Gasteiger partial charge on any atom is 0.338 e. The summed E-state index contributed by atoms with van der Waals surface area (Å²) in [6.45, 7) is -0.194. The van der Waals surface area contributed by atoms with E-state index in [-0.39, 0.29) is 13.0 Å². The number of esters is 1. The van der Waals surface area contributed by atoms with Gasteiger partial charge in [0.2, 0.25) is 0 Å². The van der Waals surface area contributed by atoms with Gasteiger partial charge in [0, 0.05) is 6.42 Å². The van der Waals surface area contributed by atoms with Crippen molar-refractivity contribution in [2.75, 3.05) is 6.61 Å². The van der Waals surface area contributed by atoms with Gasteiger partial charge in [0.1, 0.15) is 6.61 Å². The minimum absolute atomic E-state index is 0.172. The summed E-state index contributed by atoms with van der Waals surface area (Å²) in [4.78, 5) is 11.3. The van der Waals surface area contributed by atoms with Crippen LogP contribution in [0.15, 0.2) is 30.3 Å². The van der Waals surface area contributed by atoms with Crippen LogP contribution in [0.2, 0.25) is 0 Å². The second-order valence-electron chi connectivity index (χ2n) is 3.63. The minimum Gasteiger partial charge on any atom is -0.462 e. The van der Waals surface area contributed by atoms with Crippen molar-refractivity contribution in [3.63, 3.8) is 0 Å². The van der Waals surface area contributed by atoms with E-state index in [2.05, 4.69) is 0 Å². The monoisotopic (exact) mass is 212 g/mol. The fourth-order valence-corrected chi connectivity index (χ4v) is 1.28. The van der Waals surface area contributed by atoms with Crippen molar-refractivity contribution in [2.24, 2.45) is 5.92 Å². The molecular weight excluding hydrogens is 202 g/mol. The Hall–Kier alpha value is -1.45. The maximum absolute atomic E-state index is 12.5. The standard InChI is InChI=1S/C11H10F2O2/c12-11(13)6-9(11)7-15-10(14)8-4-2-1-3-5-8/h1-5,9H,6-7H2/t9-/m1/s1. The molecule has 0 spiro atoms. The highest BCUT2D eigenvalue weighted by molar-refractivity contribution is 5.89. The Labute approximate surface area is 85.9 Å². The van der Waals surface area contributed by atoms with Crippen LogP contribution in [-0.4, -0.2) is 18.5 Å². The number of hydrogen-bond donors (Lipinski definition) is 0. The second-order valence-corrected chi connectivity index (χ2v) is 3.63. The molecule has 0 aliphatic heterocycles. The molecule has 0 unspecified atom stereocenters. The third-order valence-electron chi connectivity index (χ3n) is 2.38. The summed E-state index contributed by atoms with van der Waals surface area (Å²) in [5.74, 6) is -3.96. The molecule has 0 radical (unpaired) electrons. The molecule has 1 aromatic carbocycles. The zero-order valence-corrected chi connectivity index (χ0v) is 7.95. The Morgan fingerprint density at radius 2 is 2.00 bits per heavy atom. The molecule has 0 amide bonds. The van der Waals surface area contributed by atoms with E-state index in [0.717, 1.165) is 0 Å². The van der Waals surface area contributed by atoms with Crippen LogP contribution in [-0.2, 0) is 4.74 Å². The zero-order valence-electron chi connectivity index (χ0n) is 7.95. The van der Waals surface area contributed by atoms with Gasteiger partial charge in [0.15, 0.2) is 0 Å². The van der Waals surface area contributed by atoms with E-state index in [0.29, 0.717) is 5.56 Å². The van der Waals surface area contributed by atoms with Crippen LogP contribution in [0.1, 0.15) is 16.8 Å². The van der Waals surface area contributed by atoms with E-state index in [4.69, 9.17) is 4.74 Å². The molecule has 1 atom stereocenters. The van der Waals surface area contributed by atoms with Gasteiger partial charge in [-0.3, -0.25) is 0 Å². The number of rotatable bonds is 3. The molecule has 0 aromatic heterocycles. The Morgan fingerprint density at radius 3 is 2.53 bits per heavy atom. The van der Waals surface area contributed by atoms with Crippen LogP contribution in [0.3, 0.4) is 0 Å². The first-order valence-corrected chi connectivity index (χ1v) is 4.69. The summed E-state index contributed by atoms with van der Waals surface area (Å²) < 4.78 is 29.7. The number of carbonyl (C=O) groups is 1. The molecule has 4 heteroatoms. The molecule has 1 aliphatic rings. The third-order valence-corrected chi connectivity index (χ3v) is 2.38. The van der Waals surface area contributed by atoms with Gasteiger partial charge in [-0.2, -0.15) is 0 Å². The molecule has 1 fully saturated rings. The SMILES string of the molecule is O=C(OC[C@H]1CC1(F)F)c1ccccc1. The predicted octanol–water partition coefficient (Wildman–Crippen LogP) is 2.50. The van der Waals surface area contributed by atoms with Crippen molar-refractivity contribution in [1.29, 1.82) is 0 Å². The van der Waals surface area contributed by atoms with Crippen LogP contribution in [0, 0.1) is 5.92 Å². The van der Waals surface area contributed by atoms with Crippen LogP contribution in [0.25, 0.3) is 0 Å². The quantitative estimate of drug-likeness (QED) is 0.719. The molecular formula is C11H10F2O2. The number of ether oxygens (including phenoxy) is 1. The zero-order chi connectivity index (χ0) is 10.9. The number of carbonyl (C=O) groups excluding carboxylic acids is 1. The average molecular weight is 212 g/mol. The van der Waals surface area contributed by atoms with E-state index < -0.39 is 17.8 Å². The van der Waals surface area contributed by atoms with Crippen molar-refractivity contribution in [3.8, 4) is 0 Å². The highest BCUT2D eigenvalue weighted by atomic mass is 19.3. The van der Waals surface area contributed by atoms with E-state index in [1.807, 2.05) is 0 Å². The first kappa shape index (κ1) is 10.1. The first-order valence-electron chi connectivity index (χ1n) is 4.69. The number of alkyl halides is 2. The summed E-state index contributed by atoms with van der Waals surface area (Å²) in [7, 11) is 0. The fourth-order valence-electron chi connectivity index (χ4n) is 1.28. The fraction of sp³-hybridized carbons (Fsp3) is 0.364. The molecule has 0 saturated heterocycles. The highest BCUT2D eigenvalue weighted by Gasteiger charge is 2.57. The van der Waals surface area contributed by atoms with Crippen LogP contribution in [0.4, 0.5) is 8.78 Å². The van der Waals surface area contributed by atoms with Gasteiger partial charge in [-0.15, -0.1) is 0 Å². The van der Waals surface area contributed by atoms with Crippen molar-refractivity contribution in [3.05, 3.63) is 35.9 Å². The summed E-state index contributed by atoms with van der Waals surface area (Å²) >= 11 is 0. The highest BCUT2D eigenvalue weighted by Crippen LogP contribution is 2.48. The van der Waals surface area contributed by atoms with Crippen LogP contribution >= 0.6 is 0 Å². The third kappa shape index (κ3) is 2.32. The summed E-state index contributed by atoms with van der Waals surface area (Å²) in [5.41, 5.74) is 0.390. The van der Waals surface area contributed by atoms with Crippen molar-refractivity contribution in [2.45, 2.75) is 12.3 Å². The van der Waals surface area contributed by atoms with Crippen molar-refractivity contribution >= 4 is 5.97 Å². The molecule has 1 aromatic rings. The van der Waals surface area contributed by atoms with Gasteiger partial charge in [0.25, 0.3) is 5.92 Å². The average Bonchev–Trinajstić information content (AvgIpc) is 2.84. The van der Waals surface area contributed by atoms with Gasteiger partial charge in [-0.05, 0) is 12.1 Å². The van der Waals surface area contributed by atoms with Crippen LogP contribution in [0.5, 0.6) is 0 Å². The lowest BCUT2D eigenvalue weighted by molar-refractivity contribution is 0.0368. The molecule has 2 nitrogen and oxygen atoms in total. The number of benzene rings is 1. The Balaban J connectivity index is 1.84. The molecule has 1 saturated carbocycles. The van der Waals surface area contributed by atoms with Gasteiger partial charge in [-0.25, -0.2) is 13.6 Å². The van der Waals surface area contributed by atoms with Crippen molar-refractivity contribution in [1.82, 2.24) is 0 Å². The van der Waals surface area contributed by atoms with E-state index in [9.17, 15) is 13.6 Å². The predicted molar refractivity (Wildman–Crippen MR) is 49.8 cm³/mol. The Kier molecular flexibility index (Phi) is 2.42. The normalized spacial score (nSPS) is 22.1. The summed E-state index contributed by atoms with van der Waals surface area (Å²) in [5, 5.41) is 0. The Morgan fingerprint density at radius 1 is 1.40 bits per heavy atom. The second kappa shape index (κ2) is 3.61. The lowest BCUT2D eigenvalue weighted by Gasteiger charge is -2.03. The first-order chi connectivity index (χ1) is 7.09.